The van der Waals surface area contributed by atoms with Crippen LogP contribution in [0.4, 0.5) is 5.88 Å². The molecular formula is C30H28Cl2N4O2. The van der Waals surface area contributed by atoms with Crippen molar-refractivity contribution >= 4 is 29.1 Å². The third-order valence-corrected chi connectivity index (χ3v) is 7.35. The molecule has 0 aliphatic carbocycles. The summed E-state index contributed by atoms with van der Waals surface area (Å²) in [7, 11) is 0. The van der Waals surface area contributed by atoms with Gasteiger partial charge in [0, 0.05) is 27.7 Å². The molecule has 5 rings (SSSR count). The van der Waals surface area contributed by atoms with E-state index in [1.54, 1.807) is 0 Å². The van der Waals surface area contributed by atoms with E-state index in [2.05, 4.69) is 33.4 Å². The highest BCUT2D eigenvalue weighted by Gasteiger charge is 2.24. The molecule has 1 fully saturated rings. The molecule has 0 amide bonds. The number of piperidine rings is 1. The van der Waals surface area contributed by atoms with Crippen molar-refractivity contribution in [1.82, 2.24) is 9.88 Å². The summed E-state index contributed by atoms with van der Waals surface area (Å²) in [5.74, 6) is 1.45. The minimum Gasteiger partial charge on any atom is -0.489 e. The van der Waals surface area contributed by atoms with Crippen molar-refractivity contribution < 1.29 is 9.15 Å². The maximum absolute atomic E-state index is 9.72. The van der Waals surface area contributed by atoms with E-state index in [0.717, 1.165) is 24.2 Å². The molecular weight excluding hydrogens is 519 g/mol. The fraction of sp³-hybridized carbons (Fsp3) is 0.267. The number of nitrogens with zero attached hydrogens (tertiary/aromatic N) is 3. The number of rotatable bonds is 9. The highest BCUT2D eigenvalue weighted by molar-refractivity contribution is 6.31. The van der Waals surface area contributed by atoms with Crippen LogP contribution in [-0.4, -0.2) is 29.5 Å². The minimum atomic E-state index is 0.127. The van der Waals surface area contributed by atoms with Gasteiger partial charge in [-0.05, 0) is 74.0 Å². The molecule has 0 spiro atoms. The third kappa shape index (κ3) is 6.31. The molecule has 4 aromatic rings. The summed E-state index contributed by atoms with van der Waals surface area (Å²) in [6.45, 7) is 3.02. The topological polar surface area (TPSA) is 74.3 Å². The Morgan fingerprint density at radius 3 is 2.42 bits per heavy atom. The number of hydrogen-bond acceptors (Lipinski definition) is 6. The second kappa shape index (κ2) is 12.4. The maximum atomic E-state index is 9.72. The predicted molar refractivity (Wildman–Crippen MR) is 151 cm³/mol. The van der Waals surface area contributed by atoms with Gasteiger partial charge in [-0.3, -0.25) is 4.90 Å². The zero-order valence-electron chi connectivity index (χ0n) is 20.9. The van der Waals surface area contributed by atoms with Gasteiger partial charge in [-0.1, -0.05) is 60.0 Å². The lowest BCUT2D eigenvalue weighted by molar-refractivity contribution is 0.170. The van der Waals surface area contributed by atoms with Gasteiger partial charge >= 0.3 is 0 Å². The van der Waals surface area contributed by atoms with Gasteiger partial charge in [-0.25, -0.2) is 0 Å². The third-order valence-electron chi connectivity index (χ3n) is 6.73. The quantitative estimate of drug-likeness (QED) is 0.231. The Hall–Kier alpha value is -3.50. The average Bonchev–Trinajstić information content (AvgIpc) is 3.38. The lowest BCUT2D eigenvalue weighted by Gasteiger charge is -2.35. The molecule has 0 bridgehead atoms. The lowest BCUT2D eigenvalue weighted by Crippen LogP contribution is -2.37. The van der Waals surface area contributed by atoms with Gasteiger partial charge in [0.2, 0.25) is 17.5 Å². The number of halogens is 2. The summed E-state index contributed by atoms with van der Waals surface area (Å²) in [5, 5.41) is 14.5. The Bertz CT molecular complexity index is 1390. The summed E-state index contributed by atoms with van der Waals surface area (Å²) < 4.78 is 11.9. The fourth-order valence-corrected chi connectivity index (χ4v) is 4.99. The molecule has 1 aromatic heterocycles. The monoisotopic (exact) mass is 546 g/mol. The molecule has 0 radical (unpaired) electrons. The molecule has 3 aromatic carbocycles. The fourth-order valence-electron chi connectivity index (χ4n) is 4.67. The number of ether oxygens (including phenoxy) is 1. The van der Waals surface area contributed by atoms with Crippen molar-refractivity contribution in [3.05, 3.63) is 99.7 Å². The average molecular weight is 547 g/mol. The van der Waals surface area contributed by atoms with Crippen molar-refractivity contribution in [3.63, 3.8) is 0 Å². The van der Waals surface area contributed by atoms with Crippen LogP contribution < -0.4 is 10.1 Å². The van der Waals surface area contributed by atoms with Gasteiger partial charge in [-0.2, -0.15) is 10.2 Å². The van der Waals surface area contributed by atoms with E-state index < -0.39 is 0 Å². The highest BCUT2D eigenvalue weighted by atomic mass is 35.5. The minimum absolute atomic E-state index is 0.127. The number of nitriles is 1. The first-order chi connectivity index (χ1) is 18.6. The van der Waals surface area contributed by atoms with Crippen LogP contribution in [0.15, 0.2) is 77.2 Å². The first-order valence-corrected chi connectivity index (χ1v) is 13.5. The number of nitrogens with one attached hydrogen (secondary N) is 1. The molecule has 1 saturated heterocycles. The van der Waals surface area contributed by atoms with E-state index >= 15 is 0 Å². The Kier molecular flexibility index (Phi) is 8.50. The Morgan fingerprint density at radius 1 is 0.974 bits per heavy atom. The zero-order chi connectivity index (χ0) is 26.3. The van der Waals surface area contributed by atoms with Crippen molar-refractivity contribution in [1.29, 1.82) is 5.26 Å². The first kappa shape index (κ1) is 26.1. The van der Waals surface area contributed by atoms with Crippen LogP contribution in [-0.2, 0) is 6.61 Å². The summed E-state index contributed by atoms with van der Waals surface area (Å²) in [6, 6.07) is 25.3. The molecule has 1 aliphatic heterocycles. The molecule has 1 atom stereocenters. The molecule has 194 valence electrons. The number of oxazole rings is 1. The Morgan fingerprint density at radius 2 is 1.71 bits per heavy atom. The van der Waals surface area contributed by atoms with E-state index in [-0.39, 0.29) is 11.7 Å². The standard InChI is InChI=1S/C30H28Cl2N4O2/c31-24-12-8-21(9-13-24)28(36-16-4-1-5-17-36)19-34-30-27(18-33)35-29(38-30)22-10-14-25(15-11-22)37-20-23-6-2-3-7-26(23)32/h2-3,6-15,28,34H,1,4-5,16-17,19-20H2/t28-/m0/s1. The van der Waals surface area contributed by atoms with Crippen LogP contribution in [0.2, 0.25) is 10.0 Å². The van der Waals surface area contributed by atoms with Crippen molar-refractivity contribution in [2.75, 3.05) is 25.0 Å². The molecule has 0 saturated carbocycles. The van der Waals surface area contributed by atoms with Crippen LogP contribution in [0.3, 0.4) is 0 Å². The second-order valence-electron chi connectivity index (χ2n) is 9.26. The van der Waals surface area contributed by atoms with Gasteiger partial charge in [0.25, 0.3) is 0 Å². The normalized spacial score (nSPS) is 14.6. The van der Waals surface area contributed by atoms with Crippen LogP contribution in [0.25, 0.3) is 11.5 Å². The zero-order valence-corrected chi connectivity index (χ0v) is 22.4. The summed E-state index contributed by atoms with van der Waals surface area (Å²) in [5.41, 5.74) is 3.08. The van der Waals surface area contributed by atoms with E-state index in [1.807, 2.05) is 60.7 Å². The Labute approximate surface area is 232 Å². The summed E-state index contributed by atoms with van der Waals surface area (Å²) >= 11 is 12.4. The largest absolute Gasteiger partial charge is 0.489 e. The highest BCUT2D eigenvalue weighted by Crippen LogP contribution is 2.30. The molecule has 1 N–H and O–H groups in total. The van der Waals surface area contributed by atoms with Gasteiger partial charge in [0.05, 0.1) is 6.04 Å². The van der Waals surface area contributed by atoms with Crippen LogP contribution >= 0.6 is 23.2 Å². The smallest absolute Gasteiger partial charge is 0.232 e. The SMILES string of the molecule is N#Cc1nc(-c2ccc(OCc3ccccc3Cl)cc2)oc1NC[C@@H](c1ccc(Cl)cc1)N1CCCCC1. The van der Waals surface area contributed by atoms with Crippen molar-refractivity contribution in [2.24, 2.45) is 0 Å². The van der Waals surface area contributed by atoms with Gasteiger partial charge in [0.15, 0.2) is 0 Å². The van der Waals surface area contributed by atoms with Crippen molar-refractivity contribution in [3.8, 4) is 23.3 Å². The number of aromatic nitrogens is 1. The number of anilines is 1. The van der Waals surface area contributed by atoms with E-state index in [9.17, 15) is 5.26 Å². The van der Waals surface area contributed by atoms with E-state index in [0.29, 0.717) is 40.7 Å². The molecule has 6 nitrogen and oxygen atoms in total. The van der Waals surface area contributed by atoms with Gasteiger partial charge in [-0.15, -0.1) is 0 Å². The predicted octanol–water partition coefficient (Wildman–Crippen LogP) is 7.74. The van der Waals surface area contributed by atoms with Crippen LogP contribution in [0.5, 0.6) is 5.75 Å². The summed E-state index contributed by atoms with van der Waals surface area (Å²) in [4.78, 5) is 6.91. The Balaban J connectivity index is 1.28. The number of likely N-dealkylation sites (tertiary alicyclic amines) is 1. The van der Waals surface area contributed by atoms with Crippen LogP contribution in [0.1, 0.15) is 42.1 Å². The molecule has 2 heterocycles. The second-order valence-corrected chi connectivity index (χ2v) is 10.1. The molecule has 38 heavy (non-hydrogen) atoms. The number of hydrogen-bond donors (Lipinski definition) is 1. The molecule has 0 unspecified atom stereocenters. The molecule has 1 aliphatic rings. The van der Waals surface area contributed by atoms with Crippen molar-refractivity contribution in [2.45, 2.75) is 31.9 Å². The lowest BCUT2D eigenvalue weighted by atomic mass is 10.0. The van der Waals surface area contributed by atoms with Gasteiger partial charge in [0.1, 0.15) is 18.4 Å². The van der Waals surface area contributed by atoms with Gasteiger partial charge < -0.3 is 14.5 Å². The van der Waals surface area contributed by atoms with E-state index in [1.165, 1.54) is 24.8 Å². The van der Waals surface area contributed by atoms with Crippen LogP contribution in [0, 0.1) is 11.3 Å². The number of benzene rings is 3. The first-order valence-electron chi connectivity index (χ1n) is 12.7. The maximum Gasteiger partial charge on any atom is 0.232 e. The summed E-state index contributed by atoms with van der Waals surface area (Å²) in [6.07, 6.45) is 3.61. The molecule has 8 heteroatoms. The van der Waals surface area contributed by atoms with E-state index in [4.69, 9.17) is 32.4 Å².